The first-order valence-electron chi connectivity index (χ1n) is 11.4. The summed E-state index contributed by atoms with van der Waals surface area (Å²) in [5.41, 5.74) is -1.59. The number of hydrogen-bond donors (Lipinski definition) is 0. The monoisotopic (exact) mass is 467 g/mol. The average molecular weight is 468 g/mol. The fourth-order valence-electron chi connectivity index (χ4n) is 5.46. The van der Waals surface area contributed by atoms with Crippen LogP contribution in [0, 0.1) is 0 Å². The summed E-state index contributed by atoms with van der Waals surface area (Å²) < 4.78 is 10.4. The summed E-state index contributed by atoms with van der Waals surface area (Å²) in [7, 11) is 1.33. The topological polar surface area (TPSA) is 96.5 Å². The van der Waals surface area contributed by atoms with Crippen molar-refractivity contribution in [3.63, 3.8) is 0 Å². The number of methoxy groups -OCH3 is 1. The van der Waals surface area contributed by atoms with E-state index in [1.807, 2.05) is 0 Å². The fourth-order valence-corrected chi connectivity index (χ4v) is 6.96. The van der Waals surface area contributed by atoms with Gasteiger partial charge in [0, 0.05) is 25.3 Å². The summed E-state index contributed by atoms with van der Waals surface area (Å²) in [5, 5.41) is -0.134. The molecule has 4 aliphatic heterocycles. The fraction of sp³-hybridized carbons (Fsp3) is 0.818. The Balaban J connectivity index is 1.58. The molecule has 1 spiro atoms. The van der Waals surface area contributed by atoms with Crippen LogP contribution in [-0.4, -0.2) is 93.1 Å². The summed E-state index contributed by atoms with van der Waals surface area (Å²) >= 11 is 1.58. The standard InChI is InChI=1S/C22H33N3O6S/c1-21(2,3)31-20(29)23-10-7-8-14(23)17(26)24-11-6-5-9-22(24)12-16-25(19(22)28)15(13-32-16)18(27)30-4/h14-16H,5-13H2,1-4H3/t14-,15+,16+,22-/m0/s1. The van der Waals surface area contributed by atoms with Gasteiger partial charge in [0.25, 0.3) is 0 Å². The van der Waals surface area contributed by atoms with Gasteiger partial charge in [-0.3, -0.25) is 14.5 Å². The van der Waals surface area contributed by atoms with Gasteiger partial charge in [-0.2, -0.15) is 0 Å². The number of likely N-dealkylation sites (tertiary alicyclic amines) is 2. The molecular formula is C22H33N3O6S. The molecule has 0 N–H and O–H groups in total. The molecule has 0 bridgehead atoms. The first-order valence-corrected chi connectivity index (χ1v) is 12.5. The highest BCUT2D eigenvalue weighted by molar-refractivity contribution is 8.00. The lowest BCUT2D eigenvalue weighted by Crippen LogP contribution is -2.63. The summed E-state index contributed by atoms with van der Waals surface area (Å²) in [5.74, 6) is -0.228. The number of piperidine rings is 1. The number of hydrogen-bond acceptors (Lipinski definition) is 7. The minimum absolute atomic E-state index is 0.134. The van der Waals surface area contributed by atoms with Gasteiger partial charge in [-0.15, -0.1) is 11.8 Å². The van der Waals surface area contributed by atoms with Gasteiger partial charge in [-0.1, -0.05) is 0 Å². The molecule has 0 unspecified atom stereocenters. The molecule has 178 valence electrons. The molecule has 0 saturated carbocycles. The third-order valence-corrected chi connectivity index (χ3v) is 8.17. The number of esters is 1. The maximum Gasteiger partial charge on any atom is 0.410 e. The summed E-state index contributed by atoms with van der Waals surface area (Å²) in [6.45, 7) is 6.36. The molecule has 3 amide bonds. The summed E-state index contributed by atoms with van der Waals surface area (Å²) in [6, 6.07) is -1.22. The lowest BCUT2D eigenvalue weighted by atomic mass is 9.84. The maximum absolute atomic E-state index is 13.8. The van der Waals surface area contributed by atoms with Crippen LogP contribution in [0.15, 0.2) is 0 Å². The van der Waals surface area contributed by atoms with Crippen LogP contribution in [0.25, 0.3) is 0 Å². The van der Waals surface area contributed by atoms with Gasteiger partial charge in [0.1, 0.15) is 23.2 Å². The van der Waals surface area contributed by atoms with E-state index in [-0.39, 0.29) is 17.2 Å². The van der Waals surface area contributed by atoms with E-state index in [9.17, 15) is 19.2 Å². The molecule has 9 nitrogen and oxygen atoms in total. The average Bonchev–Trinajstić information content (AvgIpc) is 3.43. The number of nitrogens with zero attached hydrogens (tertiary/aromatic N) is 3. The van der Waals surface area contributed by atoms with Crippen LogP contribution in [0.1, 0.15) is 59.3 Å². The van der Waals surface area contributed by atoms with Crippen LogP contribution in [0.3, 0.4) is 0 Å². The largest absolute Gasteiger partial charge is 0.467 e. The van der Waals surface area contributed by atoms with Crippen LogP contribution in [0.2, 0.25) is 0 Å². The lowest BCUT2D eigenvalue weighted by Gasteiger charge is -2.45. The van der Waals surface area contributed by atoms with E-state index >= 15 is 0 Å². The third kappa shape index (κ3) is 3.84. The zero-order valence-electron chi connectivity index (χ0n) is 19.3. The number of fused-ring (bicyclic) bond motifs is 1. The normalized spacial score (nSPS) is 32.4. The summed E-state index contributed by atoms with van der Waals surface area (Å²) in [4.78, 5) is 57.4. The molecule has 32 heavy (non-hydrogen) atoms. The van der Waals surface area contributed by atoms with E-state index in [0.29, 0.717) is 38.1 Å². The van der Waals surface area contributed by atoms with Gasteiger partial charge in [-0.25, -0.2) is 9.59 Å². The first kappa shape index (κ1) is 23.2. The Hall–Kier alpha value is -1.97. The second-order valence-corrected chi connectivity index (χ2v) is 11.3. The predicted octanol–water partition coefficient (Wildman–Crippen LogP) is 1.98. The van der Waals surface area contributed by atoms with Crippen molar-refractivity contribution in [3.8, 4) is 0 Å². The number of thioether (sulfide) groups is 1. The highest BCUT2D eigenvalue weighted by Gasteiger charge is 2.62. The van der Waals surface area contributed by atoms with Crippen molar-refractivity contribution in [1.29, 1.82) is 0 Å². The molecule has 0 aromatic heterocycles. The molecule has 4 rings (SSSR count). The van der Waals surface area contributed by atoms with Crippen LogP contribution < -0.4 is 0 Å². The number of carbonyl (C=O) groups excluding carboxylic acids is 4. The molecule has 0 aromatic carbocycles. The van der Waals surface area contributed by atoms with Crippen molar-refractivity contribution < 1.29 is 28.7 Å². The molecule has 10 heteroatoms. The Morgan fingerprint density at radius 2 is 1.84 bits per heavy atom. The first-order chi connectivity index (χ1) is 15.1. The lowest BCUT2D eigenvalue weighted by molar-refractivity contribution is -0.158. The zero-order chi connectivity index (χ0) is 23.3. The molecule has 4 fully saturated rings. The minimum Gasteiger partial charge on any atom is -0.467 e. The SMILES string of the molecule is COC(=O)[C@H]1CS[C@@H]2C[C@@]3(CCCCN3C(=O)[C@@H]3CCCN3C(=O)OC(C)(C)C)C(=O)N12. The third-order valence-electron chi connectivity index (χ3n) is 6.88. The smallest absolute Gasteiger partial charge is 0.410 e. The number of amides is 3. The van der Waals surface area contributed by atoms with E-state index in [4.69, 9.17) is 9.47 Å². The molecular weight excluding hydrogens is 434 g/mol. The second kappa shape index (κ2) is 8.43. The number of carbonyl (C=O) groups is 4. The zero-order valence-corrected chi connectivity index (χ0v) is 20.1. The molecule has 4 atom stereocenters. The van der Waals surface area contributed by atoms with Crippen molar-refractivity contribution in [2.45, 2.75) is 87.9 Å². The Bertz CT molecular complexity index is 814. The van der Waals surface area contributed by atoms with Gasteiger partial charge < -0.3 is 19.3 Å². The Morgan fingerprint density at radius 3 is 2.53 bits per heavy atom. The van der Waals surface area contributed by atoms with E-state index < -0.39 is 35.3 Å². The molecule has 0 radical (unpaired) electrons. The Kier molecular flexibility index (Phi) is 6.11. The van der Waals surface area contributed by atoms with E-state index in [1.54, 1.807) is 42.3 Å². The van der Waals surface area contributed by atoms with Crippen molar-refractivity contribution >= 4 is 35.6 Å². The Morgan fingerprint density at radius 1 is 1.09 bits per heavy atom. The van der Waals surface area contributed by atoms with Gasteiger partial charge in [-0.05, 0) is 52.9 Å². The maximum atomic E-state index is 13.8. The minimum atomic E-state index is -0.943. The second-order valence-electron chi connectivity index (χ2n) is 10.1. The van der Waals surface area contributed by atoms with E-state index in [0.717, 1.165) is 19.3 Å². The van der Waals surface area contributed by atoms with Crippen LogP contribution in [-0.2, 0) is 23.9 Å². The van der Waals surface area contributed by atoms with Gasteiger partial charge in [0.2, 0.25) is 11.8 Å². The number of ether oxygens (including phenoxy) is 2. The molecule has 0 aromatic rings. The van der Waals surface area contributed by atoms with Crippen molar-refractivity contribution in [1.82, 2.24) is 14.7 Å². The van der Waals surface area contributed by atoms with Gasteiger partial charge >= 0.3 is 12.1 Å². The quantitative estimate of drug-likeness (QED) is 0.573. The van der Waals surface area contributed by atoms with Crippen LogP contribution in [0.5, 0.6) is 0 Å². The van der Waals surface area contributed by atoms with Crippen molar-refractivity contribution in [3.05, 3.63) is 0 Å². The van der Waals surface area contributed by atoms with Gasteiger partial charge in [0.15, 0.2) is 0 Å². The Labute approximate surface area is 193 Å². The predicted molar refractivity (Wildman–Crippen MR) is 118 cm³/mol. The number of rotatable bonds is 2. The van der Waals surface area contributed by atoms with E-state index in [1.165, 1.54) is 12.0 Å². The molecule has 0 aliphatic carbocycles. The van der Waals surface area contributed by atoms with Crippen molar-refractivity contribution in [2.24, 2.45) is 0 Å². The highest BCUT2D eigenvalue weighted by Crippen LogP contribution is 2.48. The summed E-state index contributed by atoms with van der Waals surface area (Å²) in [6.07, 6.45) is 3.56. The van der Waals surface area contributed by atoms with Gasteiger partial charge in [0.05, 0.1) is 12.5 Å². The molecule has 4 saturated heterocycles. The van der Waals surface area contributed by atoms with Crippen LogP contribution in [0.4, 0.5) is 4.79 Å². The highest BCUT2D eigenvalue weighted by atomic mass is 32.2. The molecule has 4 aliphatic rings. The van der Waals surface area contributed by atoms with Crippen LogP contribution >= 0.6 is 11.8 Å². The van der Waals surface area contributed by atoms with Crippen molar-refractivity contribution in [2.75, 3.05) is 26.0 Å². The van der Waals surface area contributed by atoms with E-state index in [2.05, 4.69) is 0 Å². The molecule has 4 heterocycles.